The van der Waals surface area contributed by atoms with E-state index in [1.807, 2.05) is 30.3 Å². The molecule has 2 aromatic carbocycles. The summed E-state index contributed by atoms with van der Waals surface area (Å²) >= 11 is 0. The average Bonchev–Trinajstić information content (AvgIpc) is 3.24. The molecule has 1 aliphatic rings. The number of amides is 1. The van der Waals surface area contributed by atoms with Crippen LogP contribution in [0.2, 0.25) is 0 Å². The summed E-state index contributed by atoms with van der Waals surface area (Å²) in [5.41, 5.74) is 3.56. The second kappa shape index (κ2) is 9.25. The molecule has 4 rings (SSSR count). The Balaban J connectivity index is 1.61. The van der Waals surface area contributed by atoms with Crippen LogP contribution in [-0.2, 0) is 30.6 Å². The van der Waals surface area contributed by atoms with Crippen molar-refractivity contribution in [3.8, 4) is 0 Å². The molecular formula is C22H20N4O6S. The largest absolute Gasteiger partial charge is 0.465 e. The molecule has 1 N–H and O–H groups in total. The summed E-state index contributed by atoms with van der Waals surface area (Å²) in [5.74, 6) is -0.972. The molecule has 0 unspecified atom stereocenters. The van der Waals surface area contributed by atoms with Crippen LogP contribution in [0.25, 0.3) is 0 Å². The van der Waals surface area contributed by atoms with E-state index in [0.717, 1.165) is 10.5 Å². The number of nitrogens with zero attached hydrogens (tertiary/aromatic N) is 3. The van der Waals surface area contributed by atoms with Crippen molar-refractivity contribution in [2.24, 2.45) is 5.10 Å². The molecule has 11 heteroatoms. The molecule has 1 amide bonds. The number of hydrogen-bond donors (Lipinski definition) is 1. The fourth-order valence-electron chi connectivity index (χ4n) is 3.31. The van der Waals surface area contributed by atoms with Gasteiger partial charge in [-0.15, -0.1) is 0 Å². The van der Waals surface area contributed by atoms with Gasteiger partial charge in [0.15, 0.2) is 5.82 Å². The topological polar surface area (TPSA) is 131 Å². The normalized spacial score (nSPS) is 15.8. The van der Waals surface area contributed by atoms with Crippen LogP contribution >= 0.6 is 0 Å². The van der Waals surface area contributed by atoms with Gasteiger partial charge < -0.3 is 9.26 Å². The van der Waals surface area contributed by atoms with E-state index < -0.39 is 33.3 Å². The Kier molecular flexibility index (Phi) is 6.22. The number of rotatable bonds is 7. The number of anilines is 2. The van der Waals surface area contributed by atoms with Gasteiger partial charge in [0.05, 0.1) is 17.2 Å². The minimum Gasteiger partial charge on any atom is -0.465 e. The van der Waals surface area contributed by atoms with Crippen LogP contribution in [0.3, 0.4) is 0 Å². The highest BCUT2D eigenvalue weighted by Crippen LogP contribution is 2.32. The monoisotopic (exact) mass is 468 g/mol. The average molecular weight is 468 g/mol. The van der Waals surface area contributed by atoms with E-state index in [9.17, 15) is 18.0 Å². The van der Waals surface area contributed by atoms with E-state index in [0.29, 0.717) is 12.2 Å². The first-order valence-electron chi connectivity index (χ1n) is 10.0. The first-order valence-corrected chi connectivity index (χ1v) is 11.5. The van der Waals surface area contributed by atoms with Crippen LogP contribution in [0.5, 0.6) is 0 Å². The molecule has 0 bridgehead atoms. The smallest absolute Gasteiger partial charge is 0.326 e. The lowest BCUT2D eigenvalue weighted by Crippen LogP contribution is -2.47. The summed E-state index contributed by atoms with van der Waals surface area (Å²) < 4.78 is 36.3. The van der Waals surface area contributed by atoms with Gasteiger partial charge in [0.25, 0.3) is 5.91 Å². The molecule has 2 heterocycles. The van der Waals surface area contributed by atoms with Crippen molar-refractivity contribution in [2.45, 2.75) is 18.2 Å². The van der Waals surface area contributed by atoms with E-state index in [1.54, 1.807) is 19.1 Å². The first-order chi connectivity index (χ1) is 15.9. The molecule has 1 aromatic heterocycles. The molecule has 10 nitrogen and oxygen atoms in total. The van der Waals surface area contributed by atoms with Crippen molar-refractivity contribution in [3.05, 3.63) is 72.0 Å². The number of esters is 1. The third kappa shape index (κ3) is 4.62. The number of aromatic nitrogens is 1. The summed E-state index contributed by atoms with van der Waals surface area (Å²) in [6.07, 6.45) is 0.476. The summed E-state index contributed by atoms with van der Waals surface area (Å²) in [6.45, 7) is 1.30. The van der Waals surface area contributed by atoms with Gasteiger partial charge in [0.2, 0.25) is 14.9 Å². The second-order valence-electron chi connectivity index (χ2n) is 7.04. The third-order valence-corrected chi connectivity index (χ3v) is 6.47. The van der Waals surface area contributed by atoms with Crippen LogP contribution in [0.4, 0.5) is 11.5 Å². The summed E-state index contributed by atoms with van der Waals surface area (Å²) in [7, 11) is -4.24. The number of benzene rings is 2. The molecule has 0 saturated carbocycles. The van der Waals surface area contributed by atoms with E-state index in [2.05, 4.69) is 15.7 Å². The summed E-state index contributed by atoms with van der Waals surface area (Å²) in [5, 5.41) is 6.88. The van der Waals surface area contributed by atoms with Gasteiger partial charge in [0.1, 0.15) is 12.3 Å². The molecule has 0 spiro atoms. The van der Waals surface area contributed by atoms with Crippen molar-refractivity contribution >= 4 is 38.3 Å². The Bertz CT molecular complexity index is 1320. The fourth-order valence-corrected chi connectivity index (χ4v) is 4.73. The van der Waals surface area contributed by atoms with Crippen molar-refractivity contribution < 1.29 is 27.3 Å². The number of fused-ring (bicyclic) bond motifs is 1. The number of hydrogen-bond acceptors (Lipinski definition) is 9. The molecule has 0 fully saturated rings. The molecule has 0 saturated heterocycles. The van der Waals surface area contributed by atoms with Crippen molar-refractivity contribution in [2.75, 3.05) is 23.5 Å². The van der Waals surface area contributed by atoms with Gasteiger partial charge >= 0.3 is 5.97 Å². The fraction of sp³-hybridized carbons (Fsp3) is 0.182. The van der Waals surface area contributed by atoms with Crippen LogP contribution in [-0.4, -0.2) is 43.6 Å². The van der Waals surface area contributed by atoms with Gasteiger partial charge in [0, 0.05) is 12.5 Å². The van der Waals surface area contributed by atoms with Gasteiger partial charge in [-0.25, -0.2) is 8.42 Å². The zero-order valence-corrected chi connectivity index (χ0v) is 18.4. The highest BCUT2D eigenvalue weighted by Gasteiger charge is 2.42. The highest BCUT2D eigenvalue weighted by molar-refractivity contribution is 8.08. The maximum atomic E-state index is 13.1. The SMILES string of the molecule is CCOC(=O)CN1C(=O)C(=NNc2cc(Cc3ccccc3)on2)S(=O)(=O)c2ccccc21. The van der Waals surface area contributed by atoms with E-state index >= 15 is 0 Å². The third-order valence-electron chi connectivity index (χ3n) is 4.77. The van der Waals surface area contributed by atoms with Crippen molar-refractivity contribution in [1.29, 1.82) is 0 Å². The Morgan fingerprint density at radius 2 is 1.88 bits per heavy atom. The number of ether oxygens (including phenoxy) is 1. The number of sulfone groups is 1. The lowest BCUT2D eigenvalue weighted by Gasteiger charge is -2.28. The zero-order chi connectivity index (χ0) is 23.4. The van der Waals surface area contributed by atoms with E-state index in [1.165, 1.54) is 18.2 Å². The maximum Gasteiger partial charge on any atom is 0.326 e. The quantitative estimate of drug-likeness (QED) is 0.413. The van der Waals surface area contributed by atoms with Crippen molar-refractivity contribution in [1.82, 2.24) is 5.16 Å². The van der Waals surface area contributed by atoms with E-state index in [4.69, 9.17) is 9.26 Å². The number of carbonyl (C=O) groups is 2. The lowest BCUT2D eigenvalue weighted by molar-refractivity contribution is -0.142. The highest BCUT2D eigenvalue weighted by atomic mass is 32.2. The number of nitrogens with one attached hydrogen (secondary N) is 1. The molecule has 170 valence electrons. The minimum atomic E-state index is -4.24. The summed E-state index contributed by atoms with van der Waals surface area (Å²) in [6, 6.07) is 17.0. The standard InChI is InChI=1S/C22H20N4O6S/c1-2-31-20(27)14-26-17-10-6-7-11-18(17)33(29,30)21(22(26)28)24-23-19-13-16(32-25-19)12-15-8-4-3-5-9-15/h3-11,13H,2,12,14H2,1H3,(H,23,25). The Morgan fingerprint density at radius 3 is 2.64 bits per heavy atom. The van der Waals surface area contributed by atoms with Gasteiger partial charge in [-0.1, -0.05) is 47.6 Å². The minimum absolute atomic E-state index is 0.0843. The van der Waals surface area contributed by atoms with Crippen molar-refractivity contribution in [3.63, 3.8) is 0 Å². The Labute approximate surface area is 189 Å². The lowest BCUT2D eigenvalue weighted by atomic mass is 10.1. The molecule has 0 atom stereocenters. The first kappa shape index (κ1) is 22.2. The van der Waals surface area contributed by atoms with Crippen LogP contribution in [0.15, 0.2) is 75.2 Å². The number of para-hydroxylation sites is 1. The predicted molar refractivity (Wildman–Crippen MR) is 119 cm³/mol. The Morgan fingerprint density at radius 1 is 1.15 bits per heavy atom. The zero-order valence-electron chi connectivity index (χ0n) is 17.6. The molecule has 0 aliphatic carbocycles. The Hall–Kier alpha value is -3.99. The van der Waals surface area contributed by atoms with Gasteiger partial charge in [-0.3, -0.25) is 19.9 Å². The molecule has 3 aromatic rings. The van der Waals surface area contributed by atoms with Crippen LogP contribution in [0.1, 0.15) is 18.2 Å². The van der Waals surface area contributed by atoms with Crippen LogP contribution in [0, 0.1) is 0 Å². The van der Waals surface area contributed by atoms with Gasteiger partial charge in [-0.2, -0.15) is 5.10 Å². The summed E-state index contributed by atoms with van der Waals surface area (Å²) in [4.78, 5) is 25.9. The molecule has 1 aliphatic heterocycles. The van der Waals surface area contributed by atoms with E-state index in [-0.39, 0.29) is 23.0 Å². The molecular weight excluding hydrogens is 448 g/mol. The van der Waals surface area contributed by atoms with Crippen LogP contribution < -0.4 is 10.3 Å². The predicted octanol–water partition coefficient (Wildman–Crippen LogP) is 2.37. The number of hydrazone groups is 1. The molecule has 33 heavy (non-hydrogen) atoms. The second-order valence-corrected chi connectivity index (χ2v) is 8.87. The van der Waals surface area contributed by atoms with Gasteiger partial charge in [-0.05, 0) is 24.6 Å². The maximum absolute atomic E-state index is 13.1. The molecule has 0 radical (unpaired) electrons. The number of carbonyl (C=O) groups excluding carboxylic acids is 2.